The summed E-state index contributed by atoms with van der Waals surface area (Å²) < 4.78 is 14.0. The van der Waals surface area contributed by atoms with E-state index in [1.54, 1.807) is 12.1 Å². The molecule has 1 aromatic rings. The van der Waals surface area contributed by atoms with Gasteiger partial charge in [0.2, 0.25) is 0 Å². The van der Waals surface area contributed by atoms with Crippen LogP contribution in [0.15, 0.2) is 16.6 Å². The van der Waals surface area contributed by atoms with Crippen LogP contribution in [-0.4, -0.2) is 0 Å². The normalized spacial score (nSPS) is 9.50. The third-order valence-electron chi connectivity index (χ3n) is 1.33. The molecule has 0 fully saturated rings. The van der Waals surface area contributed by atoms with E-state index < -0.39 is 0 Å². The van der Waals surface area contributed by atoms with Gasteiger partial charge in [-0.1, -0.05) is 0 Å². The molecule has 1 aromatic carbocycles. The standard InChI is InChI=1S/C8H4BrFIN/c9-6-3-5(1-2-12)4-7(11)8(6)10/h3-4H,1H2. The summed E-state index contributed by atoms with van der Waals surface area (Å²) in [5, 5.41) is 8.41. The first-order chi connectivity index (χ1) is 5.65. The summed E-state index contributed by atoms with van der Waals surface area (Å²) in [5.41, 5.74) is 0.829. The first-order valence-electron chi connectivity index (χ1n) is 3.15. The molecule has 0 aliphatic rings. The topological polar surface area (TPSA) is 23.8 Å². The van der Waals surface area contributed by atoms with Crippen LogP contribution in [0, 0.1) is 20.7 Å². The Morgan fingerprint density at radius 3 is 2.75 bits per heavy atom. The van der Waals surface area contributed by atoms with Crippen molar-refractivity contribution in [2.75, 3.05) is 0 Å². The number of hydrogen-bond acceptors (Lipinski definition) is 1. The molecule has 0 saturated heterocycles. The SMILES string of the molecule is N#CCc1cc(Br)c(F)c(I)c1. The van der Waals surface area contributed by atoms with Gasteiger partial charge in [-0.25, -0.2) is 4.39 Å². The molecule has 1 rings (SSSR count). The second kappa shape index (κ2) is 4.19. The van der Waals surface area contributed by atoms with Crippen molar-refractivity contribution in [1.29, 1.82) is 5.26 Å². The van der Waals surface area contributed by atoms with Crippen LogP contribution in [0.5, 0.6) is 0 Å². The van der Waals surface area contributed by atoms with Gasteiger partial charge in [-0.3, -0.25) is 0 Å². The molecular formula is C8H4BrFIN. The van der Waals surface area contributed by atoms with Crippen LogP contribution in [0.1, 0.15) is 5.56 Å². The molecule has 0 aliphatic carbocycles. The molecule has 0 saturated carbocycles. The van der Waals surface area contributed by atoms with Crippen molar-refractivity contribution in [3.63, 3.8) is 0 Å². The number of hydrogen-bond donors (Lipinski definition) is 0. The van der Waals surface area contributed by atoms with Crippen LogP contribution in [0.25, 0.3) is 0 Å². The van der Waals surface area contributed by atoms with Gasteiger partial charge in [0.1, 0.15) is 0 Å². The van der Waals surface area contributed by atoms with Crippen molar-refractivity contribution in [3.05, 3.63) is 31.6 Å². The van der Waals surface area contributed by atoms with Crippen LogP contribution in [-0.2, 0) is 6.42 Å². The molecule has 0 spiro atoms. The molecule has 0 heterocycles. The summed E-state index contributed by atoms with van der Waals surface area (Å²) in [5.74, 6) is -0.266. The van der Waals surface area contributed by atoms with E-state index in [2.05, 4.69) is 15.9 Å². The van der Waals surface area contributed by atoms with Crippen LogP contribution in [0.3, 0.4) is 0 Å². The minimum Gasteiger partial charge on any atom is -0.205 e. The average molecular weight is 340 g/mol. The van der Waals surface area contributed by atoms with E-state index in [9.17, 15) is 4.39 Å². The van der Waals surface area contributed by atoms with Gasteiger partial charge in [0, 0.05) is 0 Å². The summed E-state index contributed by atoms with van der Waals surface area (Å²) in [6, 6.07) is 5.31. The van der Waals surface area contributed by atoms with Crippen molar-refractivity contribution in [3.8, 4) is 6.07 Å². The molecule has 0 aromatic heterocycles. The third kappa shape index (κ3) is 2.17. The third-order valence-corrected chi connectivity index (χ3v) is 2.69. The highest BCUT2D eigenvalue weighted by Gasteiger charge is 2.05. The molecule has 0 aliphatic heterocycles. The van der Waals surface area contributed by atoms with Gasteiger partial charge < -0.3 is 0 Å². The van der Waals surface area contributed by atoms with Crippen LogP contribution in [0.2, 0.25) is 0 Å². The highest BCUT2D eigenvalue weighted by atomic mass is 127. The van der Waals surface area contributed by atoms with Crippen molar-refractivity contribution < 1.29 is 4.39 Å². The maximum atomic E-state index is 13.0. The van der Waals surface area contributed by atoms with E-state index in [0.29, 0.717) is 14.5 Å². The summed E-state index contributed by atoms with van der Waals surface area (Å²) in [6.07, 6.45) is 0.314. The van der Waals surface area contributed by atoms with E-state index in [4.69, 9.17) is 5.26 Å². The second-order valence-electron chi connectivity index (χ2n) is 2.21. The Hall–Kier alpha value is -0.150. The van der Waals surface area contributed by atoms with Gasteiger partial charge in [0.05, 0.1) is 20.5 Å². The molecule has 0 bridgehead atoms. The van der Waals surface area contributed by atoms with Crippen molar-refractivity contribution >= 4 is 38.5 Å². The molecule has 0 radical (unpaired) electrons. The zero-order chi connectivity index (χ0) is 9.14. The number of rotatable bonds is 1. The summed E-state index contributed by atoms with van der Waals surface area (Å²) in [4.78, 5) is 0. The zero-order valence-electron chi connectivity index (χ0n) is 5.94. The van der Waals surface area contributed by atoms with Crippen LogP contribution < -0.4 is 0 Å². The Bertz CT molecular complexity index is 322. The fourth-order valence-corrected chi connectivity index (χ4v) is 2.37. The molecule has 4 heteroatoms. The van der Waals surface area contributed by atoms with E-state index in [1.807, 2.05) is 28.7 Å². The number of nitrogens with zero attached hydrogens (tertiary/aromatic N) is 1. The molecular weight excluding hydrogens is 336 g/mol. The fourth-order valence-electron chi connectivity index (χ4n) is 0.801. The Balaban J connectivity index is 3.14. The largest absolute Gasteiger partial charge is 0.205 e. The minimum atomic E-state index is -0.266. The Kier molecular flexibility index (Phi) is 3.47. The maximum absolute atomic E-state index is 13.0. The minimum absolute atomic E-state index is 0.266. The quantitative estimate of drug-likeness (QED) is 0.569. The molecule has 1 nitrogen and oxygen atoms in total. The van der Waals surface area contributed by atoms with Crippen molar-refractivity contribution in [2.24, 2.45) is 0 Å². The lowest BCUT2D eigenvalue weighted by Crippen LogP contribution is -1.89. The van der Waals surface area contributed by atoms with Crippen molar-refractivity contribution in [1.82, 2.24) is 0 Å². The van der Waals surface area contributed by atoms with E-state index in [-0.39, 0.29) is 5.82 Å². The lowest BCUT2D eigenvalue weighted by Gasteiger charge is -2.00. The van der Waals surface area contributed by atoms with E-state index in [1.165, 1.54) is 0 Å². The van der Waals surface area contributed by atoms with Gasteiger partial charge in [0.15, 0.2) is 5.82 Å². The van der Waals surface area contributed by atoms with Gasteiger partial charge in [-0.05, 0) is 56.2 Å². The highest BCUT2D eigenvalue weighted by Crippen LogP contribution is 2.22. The molecule has 62 valence electrons. The first kappa shape index (κ1) is 9.93. The molecule has 0 atom stereocenters. The zero-order valence-corrected chi connectivity index (χ0v) is 9.69. The average Bonchev–Trinajstić information content (AvgIpc) is 2.01. The molecule has 12 heavy (non-hydrogen) atoms. The smallest absolute Gasteiger partial charge is 0.150 e. The van der Waals surface area contributed by atoms with Gasteiger partial charge >= 0.3 is 0 Å². The Labute approximate surface area is 91.8 Å². The summed E-state index contributed by atoms with van der Waals surface area (Å²) >= 11 is 4.98. The van der Waals surface area contributed by atoms with Crippen LogP contribution >= 0.6 is 38.5 Å². The molecule has 0 unspecified atom stereocenters. The summed E-state index contributed by atoms with van der Waals surface area (Å²) in [7, 11) is 0. The fraction of sp³-hybridized carbons (Fsp3) is 0.125. The molecule has 0 amide bonds. The van der Waals surface area contributed by atoms with E-state index in [0.717, 1.165) is 5.56 Å². The van der Waals surface area contributed by atoms with Gasteiger partial charge in [0.25, 0.3) is 0 Å². The summed E-state index contributed by atoms with van der Waals surface area (Å²) in [6.45, 7) is 0. The second-order valence-corrected chi connectivity index (χ2v) is 4.22. The first-order valence-corrected chi connectivity index (χ1v) is 5.02. The van der Waals surface area contributed by atoms with E-state index >= 15 is 0 Å². The number of nitriles is 1. The lowest BCUT2D eigenvalue weighted by molar-refractivity contribution is 0.613. The lowest BCUT2D eigenvalue weighted by atomic mass is 10.2. The van der Waals surface area contributed by atoms with Gasteiger partial charge in [-0.15, -0.1) is 0 Å². The number of benzene rings is 1. The van der Waals surface area contributed by atoms with Gasteiger partial charge in [-0.2, -0.15) is 5.26 Å². The highest BCUT2D eigenvalue weighted by molar-refractivity contribution is 14.1. The predicted octanol–water partition coefficient (Wildman–Crippen LogP) is 3.26. The monoisotopic (exact) mass is 339 g/mol. The Morgan fingerprint density at radius 1 is 1.58 bits per heavy atom. The maximum Gasteiger partial charge on any atom is 0.150 e. The predicted molar refractivity (Wildman–Crippen MR) is 56.1 cm³/mol. The molecule has 0 N–H and O–H groups in total. The number of halogens is 3. The van der Waals surface area contributed by atoms with Crippen molar-refractivity contribution in [2.45, 2.75) is 6.42 Å². The van der Waals surface area contributed by atoms with Crippen LogP contribution in [0.4, 0.5) is 4.39 Å². The Morgan fingerprint density at radius 2 is 2.25 bits per heavy atom.